The van der Waals surface area contributed by atoms with Crippen LogP contribution in [0.2, 0.25) is 0 Å². The summed E-state index contributed by atoms with van der Waals surface area (Å²) in [7, 11) is -2.24. The van der Waals surface area contributed by atoms with Crippen LogP contribution in [0.25, 0.3) is 26.4 Å². The average Bonchev–Trinajstić information content (AvgIpc) is 3.30. The van der Waals surface area contributed by atoms with E-state index in [9.17, 15) is 8.42 Å². The molecule has 2 unspecified atom stereocenters. The van der Waals surface area contributed by atoms with Gasteiger partial charge in [0, 0.05) is 33.4 Å². The number of hydrogen-bond donors (Lipinski definition) is 0. The molecule has 2 atom stereocenters. The lowest BCUT2D eigenvalue weighted by atomic mass is 10.0. The van der Waals surface area contributed by atoms with Crippen molar-refractivity contribution in [2.75, 3.05) is 12.0 Å². The number of fused-ring (bicyclic) bond motifs is 2. The maximum atomic E-state index is 13.1. The molecule has 0 fully saturated rings. The van der Waals surface area contributed by atoms with E-state index in [1.165, 1.54) is 22.5 Å². The van der Waals surface area contributed by atoms with Gasteiger partial charge in [-0.3, -0.25) is 8.42 Å². The second kappa shape index (κ2) is 7.41. The highest BCUT2D eigenvalue weighted by molar-refractivity contribution is 7.85. The summed E-state index contributed by atoms with van der Waals surface area (Å²) in [6, 6.07) is 5.68. The number of benzene rings is 1. The summed E-state index contributed by atoms with van der Waals surface area (Å²) >= 11 is 1.53. The highest BCUT2D eigenvalue weighted by Gasteiger charge is 2.25. The lowest BCUT2D eigenvalue weighted by Crippen LogP contribution is -2.03. The molecule has 0 bridgehead atoms. The van der Waals surface area contributed by atoms with E-state index >= 15 is 0 Å². The van der Waals surface area contributed by atoms with Crippen molar-refractivity contribution < 1.29 is 8.42 Å². The summed E-state index contributed by atoms with van der Waals surface area (Å²) in [6.07, 6.45) is 1.66. The van der Waals surface area contributed by atoms with Gasteiger partial charge in [-0.25, -0.2) is 9.50 Å². The minimum absolute atomic E-state index is 0.517. The molecule has 0 N–H and O–H groups in total. The van der Waals surface area contributed by atoms with Crippen LogP contribution < -0.4 is 0 Å². The van der Waals surface area contributed by atoms with Crippen molar-refractivity contribution in [3.8, 4) is 10.7 Å². The van der Waals surface area contributed by atoms with Crippen molar-refractivity contribution in [1.29, 1.82) is 0 Å². The fourth-order valence-corrected chi connectivity index (χ4v) is 6.19. The molecule has 3 aromatic heterocycles. The number of aromatic nitrogens is 3. The van der Waals surface area contributed by atoms with E-state index in [-0.39, 0.29) is 0 Å². The van der Waals surface area contributed by atoms with Crippen LogP contribution in [0.15, 0.2) is 28.0 Å². The Hall–Kier alpha value is -1.90. The molecule has 3 heterocycles. The molecular formula is C21H23N3O2S3. The Kier molecular flexibility index (Phi) is 5.21. The Balaban J connectivity index is 2.07. The maximum absolute atomic E-state index is 13.1. The summed E-state index contributed by atoms with van der Waals surface area (Å²) in [4.78, 5) is 6.29. The van der Waals surface area contributed by atoms with E-state index in [0.29, 0.717) is 11.4 Å². The molecule has 0 amide bonds. The molecule has 4 rings (SSSR count). The fraction of sp³-hybridized carbons (Fsp3) is 0.333. The SMILES string of the molecule is CCS(=O)c1c(-c2nc3cc(S(C)=O)ccc3s2)nn2c(C)c(C)c(C)c(C)c12. The van der Waals surface area contributed by atoms with Crippen LogP contribution >= 0.6 is 11.3 Å². The lowest BCUT2D eigenvalue weighted by Gasteiger charge is -2.12. The van der Waals surface area contributed by atoms with Crippen molar-refractivity contribution in [2.45, 2.75) is 44.4 Å². The molecule has 0 aliphatic heterocycles. The fourth-order valence-electron chi connectivity index (χ4n) is 3.55. The van der Waals surface area contributed by atoms with Gasteiger partial charge in [-0.1, -0.05) is 6.92 Å². The molecule has 1 aromatic carbocycles. The molecule has 0 spiro atoms. The molecular weight excluding hydrogens is 422 g/mol. The van der Waals surface area contributed by atoms with Gasteiger partial charge in [0.2, 0.25) is 0 Å². The van der Waals surface area contributed by atoms with E-state index in [1.807, 2.05) is 36.6 Å². The Morgan fingerprint density at radius 2 is 1.79 bits per heavy atom. The Bertz CT molecular complexity index is 1330. The Morgan fingerprint density at radius 3 is 2.45 bits per heavy atom. The zero-order valence-corrected chi connectivity index (χ0v) is 19.8. The summed E-state index contributed by atoms with van der Waals surface area (Å²) < 4.78 is 27.9. The molecule has 0 aliphatic rings. The van der Waals surface area contributed by atoms with Gasteiger partial charge in [-0.05, 0) is 62.6 Å². The van der Waals surface area contributed by atoms with Crippen LogP contribution in [0.4, 0.5) is 0 Å². The van der Waals surface area contributed by atoms with Gasteiger partial charge in [0.05, 0.1) is 31.4 Å². The van der Waals surface area contributed by atoms with E-state index in [0.717, 1.165) is 41.8 Å². The summed E-state index contributed by atoms with van der Waals surface area (Å²) in [5.41, 5.74) is 6.95. The molecule has 0 aliphatic carbocycles. The molecule has 4 aromatic rings. The van der Waals surface area contributed by atoms with Crippen LogP contribution in [-0.4, -0.2) is 35.0 Å². The third-order valence-corrected chi connectivity index (χ3v) is 8.89. The predicted molar refractivity (Wildman–Crippen MR) is 122 cm³/mol. The van der Waals surface area contributed by atoms with Crippen LogP contribution in [0.5, 0.6) is 0 Å². The van der Waals surface area contributed by atoms with E-state index in [2.05, 4.69) is 20.8 Å². The van der Waals surface area contributed by atoms with Gasteiger partial charge < -0.3 is 0 Å². The third-order valence-electron chi connectivity index (χ3n) is 5.57. The van der Waals surface area contributed by atoms with Crippen molar-refractivity contribution in [2.24, 2.45) is 0 Å². The number of aryl methyl sites for hydroxylation is 2. The van der Waals surface area contributed by atoms with Crippen LogP contribution in [-0.2, 0) is 21.6 Å². The van der Waals surface area contributed by atoms with E-state index in [1.54, 1.807) is 6.26 Å². The zero-order chi connectivity index (χ0) is 21.0. The van der Waals surface area contributed by atoms with Crippen molar-refractivity contribution >= 4 is 48.7 Å². The highest BCUT2D eigenvalue weighted by atomic mass is 32.2. The molecule has 0 saturated heterocycles. The quantitative estimate of drug-likeness (QED) is 0.456. The summed E-state index contributed by atoms with van der Waals surface area (Å²) in [5.74, 6) is 0.517. The van der Waals surface area contributed by atoms with Crippen molar-refractivity contribution in [3.05, 3.63) is 40.6 Å². The topological polar surface area (TPSA) is 64.3 Å². The standard InChI is InChI=1S/C21H23N3O2S3/c1-7-29(26)20-18(23-24-14(5)12(3)11(2)13(4)19(20)24)21-22-16-10-15(28(6)25)8-9-17(16)27-21/h8-10H,7H2,1-6H3. The van der Waals surface area contributed by atoms with Crippen molar-refractivity contribution in [1.82, 2.24) is 14.6 Å². The molecule has 5 nitrogen and oxygen atoms in total. The minimum atomic E-state index is -1.18. The number of pyridine rings is 1. The zero-order valence-electron chi connectivity index (χ0n) is 17.3. The third kappa shape index (κ3) is 3.17. The first-order chi connectivity index (χ1) is 13.7. The molecule has 0 radical (unpaired) electrons. The summed E-state index contributed by atoms with van der Waals surface area (Å²) in [5, 5.41) is 5.62. The smallest absolute Gasteiger partial charge is 0.146 e. The lowest BCUT2D eigenvalue weighted by molar-refractivity contribution is 0.684. The van der Waals surface area contributed by atoms with Gasteiger partial charge in [0.1, 0.15) is 10.7 Å². The number of rotatable bonds is 4. The van der Waals surface area contributed by atoms with Gasteiger partial charge >= 0.3 is 0 Å². The second-order valence-electron chi connectivity index (χ2n) is 7.14. The molecule has 152 valence electrons. The number of thiazole rings is 1. The van der Waals surface area contributed by atoms with E-state index < -0.39 is 21.6 Å². The summed E-state index contributed by atoms with van der Waals surface area (Å²) in [6.45, 7) is 10.2. The van der Waals surface area contributed by atoms with Gasteiger partial charge in [0.15, 0.2) is 0 Å². The normalized spacial score (nSPS) is 14.0. The average molecular weight is 446 g/mol. The van der Waals surface area contributed by atoms with Crippen LogP contribution in [0.1, 0.15) is 29.3 Å². The van der Waals surface area contributed by atoms with Gasteiger partial charge in [-0.15, -0.1) is 11.3 Å². The minimum Gasteiger partial charge on any atom is -0.255 e. The molecule has 29 heavy (non-hydrogen) atoms. The van der Waals surface area contributed by atoms with Crippen LogP contribution in [0, 0.1) is 27.7 Å². The highest BCUT2D eigenvalue weighted by Crippen LogP contribution is 2.37. The molecule has 0 saturated carbocycles. The second-order valence-corrected chi connectivity index (χ2v) is 11.2. The van der Waals surface area contributed by atoms with Crippen molar-refractivity contribution in [3.63, 3.8) is 0 Å². The first-order valence-electron chi connectivity index (χ1n) is 9.36. The predicted octanol–water partition coefficient (Wildman–Crippen LogP) is 4.71. The van der Waals surface area contributed by atoms with Gasteiger partial charge in [0.25, 0.3) is 0 Å². The molecule has 8 heteroatoms. The Labute approximate surface area is 179 Å². The first kappa shape index (κ1) is 20.4. The number of nitrogens with zero attached hydrogens (tertiary/aromatic N) is 3. The van der Waals surface area contributed by atoms with Gasteiger partial charge in [-0.2, -0.15) is 5.10 Å². The number of hydrogen-bond acceptors (Lipinski definition) is 5. The van der Waals surface area contributed by atoms with E-state index in [4.69, 9.17) is 10.1 Å². The Morgan fingerprint density at radius 1 is 1.07 bits per heavy atom. The monoisotopic (exact) mass is 445 g/mol. The largest absolute Gasteiger partial charge is 0.255 e. The van der Waals surface area contributed by atoms with Crippen LogP contribution in [0.3, 0.4) is 0 Å². The maximum Gasteiger partial charge on any atom is 0.146 e. The first-order valence-corrected chi connectivity index (χ1v) is 13.1.